The lowest BCUT2D eigenvalue weighted by Crippen LogP contribution is -2.37. The third-order valence-electron chi connectivity index (χ3n) is 3.61. The molecule has 106 valence electrons. The Balaban J connectivity index is 2.00. The predicted octanol–water partition coefficient (Wildman–Crippen LogP) is 3.44. The molecule has 1 atom stereocenters. The van der Waals surface area contributed by atoms with Crippen LogP contribution in [0.15, 0.2) is 18.2 Å². The molecule has 1 aromatic carbocycles. The summed E-state index contributed by atoms with van der Waals surface area (Å²) in [6, 6.07) is 5.24. The van der Waals surface area contributed by atoms with Crippen LogP contribution in [-0.2, 0) is 6.54 Å². The normalized spacial score (nSPS) is 21.3. The van der Waals surface area contributed by atoms with Crippen molar-refractivity contribution in [3.8, 4) is 0 Å². The van der Waals surface area contributed by atoms with Gasteiger partial charge in [-0.15, -0.1) is 0 Å². The molecule has 19 heavy (non-hydrogen) atoms. The number of nitrogens with zero attached hydrogens (tertiary/aromatic N) is 1. The van der Waals surface area contributed by atoms with Crippen LogP contribution in [0.3, 0.4) is 0 Å². The summed E-state index contributed by atoms with van der Waals surface area (Å²) in [6.45, 7) is 6.22. The lowest BCUT2D eigenvalue weighted by molar-refractivity contribution is 0.255. The zero-order valence-electron chi connectivity index (χ0n) is 11.5. The quantitative estimate of drug-likeness (QED) is 0.911. The fourth-order valence-electron chi connectivity index (χ4n) is 2.65. The number of hydrogen-bond acceptors (Lipinski definition) is 2. The molecule has 1 heterocycles. The van der Waals surface area contributed by atoms with Crippen molar-refractivity contribution in [2.45, 2.75) is 38.8 Å². The third-order valence-corrected chi connectivity index (χ3v) is 3.96. The molecule has 1 unspecified atom stereocenters. The van der Waals surface area contributed by atoms with Crippen LogP contribution in [0, 0.1) is 5.82 Å². The van der Waals surface area contributed by atoms with E-state index in [0.717, 1.165) is 38.2 Å². The average Bonchev–Trinajstić information content (AvgIpc) is 2.59. The van der Waals surface area contributed by atoms with Gasteiger partial charge in [-0.3, -0.25) is 4.90 Å². The van der Waals surface area contributed by atoms with Gasteiger partial charge in [0.05, 0.1) is 0 Å². The third kappa shape index (κ3) is 4.44. The molecule has 0 bridgehead atoms. The van der Waals surface area contributed by atoms with E-state index in [0.29, 0.717) is 11.1 Å². The maximum atomic E-state index is 13.0. The van der Waals surface area contributed by atoms with E-state index in [1.807, 2.05) is 0 Å². The Bertz CT molecular complexity index is 411. The van der Waals surface area contributed by atoms with Crippen molar-refractivity contribution in [2.75, 3.05) is 19.6 Å². The SMILES string of the molecule is CCCC1CN(Cc2ccc(F)cc2Cl)CCCN1. The first-order valence-corrected chi connectivity index (χ1v) is 7.46. The van der Waals surface area contributed by atoms with E-state index in [1.54, 1.807) is 6.07 Å². The van der Waals surface area contributed by atoms with Crippen LogP contribution in [0.25, 0.3) is 0 Å². The molecule has 0 aliphatic carbocycles. The minimum atomic E-state index is -0.268. The fourth-order valence-corrected chi connectivity index (χ4v) is 2.88. The Kier molecular flexibility index (Phi) is 5.61. The zero-order valence-corrected chi connectivity index (χ0v) is 12.2. The minimum Gasteiger partial charge on any atom is -0.313 e. The summed E-state index contributed by atoms with van der Waals surface area (Å²) < 4.78 is 13.0. The first-order chi connectivity index (χ1) is 9.19. The first kappa shape index (κ1) is 14.8. The first-order valence-electron chi connectivity index (χ1n) is 7.08. The zero-order chi connectivity index (χ0) is 13.7. The number of halogens is 2. The maximum Gasteiger partial charge on any atom is 0.124 e. The Morgan fingerprint density at radius 1 is 1.47 bits per heavy atom. The van der Waals surface area contributed by atoms with Gasteiger partial charge in [0.2, 0.25) is 0 Å². The molecule has 1 N–H and O–H groups in total. The Labute approximate surface area is 119 Å². The summed E-state index contributed by atoms with van der Waals surface area (Å²) in [6.07, 6.45) is 3.55. The molecule has 0 aromatic heterocycles. The molecule has 4 heteroatoms. The van der Waals surface area contributed by atoms with Crippen LogP contribution in [-0.4, -0.2) is 30.6 Å². The highest BCUT2D eigenvalue weighted by molar-refractivity contribution is 6.31. The Morgan fingerprint density at radius 2 is 2.32 bits per heavy atom. The molecular formula is C15H22ClFN2. The van der Waals surface area contributed by atoms with Crippen molar-refractivity contribution in [1.29, 1.82) is 0 Å². The van der Waals surface area contributed by atoms with Gasteiger partial charge in [0.15, 0.2) is 0 Å². The van der Waals surface area contributed by atoms with Crippen molar-refractivity contribution >= 4 is 11.6 Å². The molecule has 0 spiro atoms. The number of benzene rings is 1. The van der Waals surface area contributed by atoms with Crippen molar-refractivity contribution in [3.05, 3.63) is 34.6 Å². The fraction of sp³-hybridized carbons (Fsp3) is 0.600. The van der Waals surface area contributed by atoms with Crippen LogP contribution < -0.4 is 5.32 Å². The molecule has 0 amide bonds. The number of nitrogens with one attached hydrogen (secondary N) is 1. The molecule has 1 aliphatic heterocycles. The van der Waals surface area contributed by atoms with Crippen molar-refractivity contribution in [2.24, 2.45) is 0 Å². The van der Waals surface area contributed by atoms with Crippen LogP contribution >= 0.6 is 11.6 Å². The molecular weight excluding hydrogens is 263 g/mol. The van der Waals surface area contributed by atoms with Crippen molar-refractivity contribution in [3.63, 3.8) is 0 Å². The van der Waals surface area contributed by atoms with Gasteiger partial charge >= 0.3 is 0 Å². The highest BCUT2D eigenvalue weighted by atomic mass is 35.5. The van der Waals surface area contributed by atoms with E-state index in [4.69, 9.17) is 11.6 Å². The van der Waals surface area contributed by atoms with Gasteiger partial charge in [0.1, 0.15) is 5.82 Å². The highest BCUT2D eigenvalue weighted by Gasteiger charge is 2.17. The predicted molar refractivity (Wildman–Crippen MR) is 78.0 cm³/mol. The van der Waals surface area contributed by atoms with Gasteiger partial charge in [-0.05, 0) is 43.6 Å². The summed E-state index contributed by atoms with van der Waals surface area (Å²) in [4.78, 5) is 2.42. The van der Waals surface area contributed by atoms with E-state index < -0.39 is 0 Å². The standard InChI is InChI=1S/C15H22ClFN2/c1-2-4-14-11-19(8-3-7-18-14)10-12-5-6-13(17)9-15(12)16/h5-6,9,14,18H,2-4,7-8,10-11H2,1H3. The maximum absolute atomic E-state index is 13.0. The number of hydrogen-bond donors (Lipinski definition) is 1. The van der Waals surface area contributed by atoms with Crippen LogP contribution in [0.2, 0.25) is 5.02 Å². The van der Waals surface area contributed by atoms with Gasteiger partial charge in [-0.1, -0.05) is 31.0 Å². The molecule has 1 aromatic rings. The van der Waals surface area contributed by atoms with Crippen LogP contribution in [0.4, 0.5) is 4.39 Å². The lowest BCUT2D eigenvalue weighted by atomic mass is 10.1. The molecule has 1 aliphatic rings. The summed E-state index contributed by atoms with van der Waals surface area (Å²) in [5, 5.41) is 4.12. The highest BCUT2D eigenvalue weighted by Crippen LogP contribution is 2.20. The topological polar surface area (TPSA) is 15.3 Å². The Hall–Kier alpha value is -0.640. The minimum absolute atomic E-state index is 0.268. The molecule has 0 radical (unpaired) electrons. The monoisotopic (exact) mass is 284 g/mol. The van der Waals surface area contributed by atoms with E-state index >= 15 is 0 Å². The average molecular weight is 285 g/mol. The summed E-state index contributed by atoms with van der Waals surface area (Å²) in [5.41, 5.74) is 1.01. The summed E-state index contributed by atoms with van der Waals surface area (Å²) in [5.74, 6) is -0.268. The summed E-state index contributed by atoms with van der Waals surface area (Å²) in [7, 11) is 0. The lowest BCUT2D eigenvalue weighted by Gasteiger charge is -2.24. The van der Waals surface area contributed by atoms with E-state index in [9.17, 15) is 4.39 Å². The Morgan fingerprint density at radius 3 is 3.05 bits per heavy atom. The number of rotatable bonds is 4. The second kappa shape index (κ2) is 7.22. The van der Waals surface area contributed by atoms with E-state index in [1.165, 1.54) is 25.0 Å². The molecule has 2 nitrogen and oxygen atoms in total. The second-order valence-corrected chi connectivity index (χ2v) is 5.67. The molecule has 1 fully saturated rings. The van der Waals surface area contributed by atoms with Crippen LogP contribution in [0.1, 0.15) is 31.7 Å². The van der Waals surface area contributed by atoms with E-state index in [-0.39, 0.29) is 5.82 Å². The molecule has 1 saturated heterocycles. The van der Waals surface area contributed by atoms with E-state index in [2.05, 4.69) is 17.1 Å². The molecule has 0 saturated carbocycles. The van der Waals surface area contributed by atoms with Gasteiger partial charge < -0.3 is 5.32 Å². The van der Waals surface area contributed by atoms with Crippen LogP contribution in [0.5, 0.6) is 0 Å². The molecule has 2 rings (SSSR count). The van der Waals surface area contributed by atoms with Gasteiger partial charge in [-0.25, -0.2) is 4.39 Å². The van der Waals surface area contributed by atoms with Crippen molar-refractivity contribution in [1.82, 2.24) is 10.2 Å². The van der Waals surface area contributed by atoms with Crippen molar-refractivity contribution < 1.29 is 4.39 Å². The van der Waals surface area contributed by atoms with Gasteiger partial charge in [-0.2, -0.15) is 0 Å². The van der Waals surface area contributed by atoms with Gasteiger partial charge in [0, 0.05) is 24.2 Å². The smallest absolute Gasteiger partial charge is 0.124 e. The largest absolute Gasteiger partial charge is 0.313 e. The second-order valence-electron chi connectivity index (χ2n) is 5.26. The van der Waals surface area contributed by atoms with Gasteiger partial charge in [0.25, 0.3) is 0 Å². The summed E-state index contributed by atoms with van der Waals surface area (Å²) >= 11 is 6.10.